The molecule has 2 heteroatoms. The topological polar surface area (TPSA) is 20.3 Å². The van der Waals surface area contributed by atoms with Crippen LogP contribution in [0.4, 0.5) is 17.1 Å². The van der Waals surface area contributed by atoms with E-state index in [-0.39, 0.29) is 5.78 Å². The van der Waals surface area contributed by atoms with E-state index in [1.54, 1.807) is 0 Å². The number of rotatable bonds is 5. The Labute approximate surface area is 251 Å². The standard InChI is InChI=1S/C41H29NO/c43-41-38-16-7-6-15-36(38)37-18-9-19-39(40(37)41)42(32-24-20-29(21-25-32)28-10-2-1-3-11-28)33-26-22-31(23-27-33)35-17-8-13-30-12-4-5-14-34(30)35/h1-10,12-28H,11H2. The fourth-order valence-corrected chi connectivity index (χ4v) is 6.63. The summed E-state index contributed by atoms with van der Waals surface area (Å²) < 4.78 is 0. The molecule has 6 aromatic carbocycles. The van der Waals surface area contributed by atoms with Crippen molar-refractivity contribution in [1.29, 1.82) is 0 Å². The van der Waals surface area contributed by atoms with E-state index >= 15 is 0 Å². The minimum Gasteiger partial charge on any atom is -0.310 e. The van der Waals surface area contributed by atoms with Gasteiger partial charge in [0, 0.05) is 22.9 Å². The van der Waals surface area contributed by atoms with E-state index in [1.807, 2.05) is 24.3 Å². The van der Waals surface area contributed by atoms with Gasteiger partial charge in [0.15, 0.2) is 5.78 Å². The largest absolute Gasteiger partial charge is 0.310 e. The lowest BCUT2D eigenvalue weighted by molar-refractivity contribution is 0.104. The quantitative estimate of drug-likeness (QED) is 0.212. The van der Waals surface area contributed by atoms with Crippen LogP contribution in [0.5, 0.6) is 0 Å². The van der Waals surface area contributed by atoms with Gasteiger partial charge in [-0.25, -0.2) is 0 Å². The van der Waals surface area contributed by atoms with Crippen molar-refractivity contribution in [2.45, 2.75) is 12.3 Å². The zero-order valence-corrected chi connectivity index (χ0v) is 23.7. The number of hydrogen-bond acceptors (Lipinski definition) is 2. The van der Waals surface area contributed by atoms with Crippen molar-refractivity contribution in [1.82, 2.24) is 0 Å². The van der Waals surface area contributed by atoms with Gasteiger partial charge in [0.05, 0.1) is 11.3 Å². The molecule has 0 aliphatic heterocycles. The molecule has 0 heterocycles. The lowest BCUT2D eigenvalue weighted by atomic mass is 9.92. The summed E-state index contributed by atoms with van der Waals surface area (Å²) in [6.07, 6.45) is 9.73. The van der Waals surface area contributed by atoms with Crippen LogP contribution in [0.25, 0.3) is 33.0 Å². The second-order valence-corrected chi connectivity index (χ2v) is 11.2. The molecule has 6 aromatic rings. The molecule has 0 N–H and O–H groups in total. The summed E-state index contributed by atoms with van der Waals surface area (Å²) in [5, 5.41) is 2.47. The molecule has 2 nitrogen and oxygen atoms in total. The minimum absolute atomic E-state index is 0.0781. The fraction of sp³-hybridized carbons (Fsp3) is 0.0488. The smallest absolute Gasteiger partial charge is 0.196 e. The van der Waals surface area contributed by atoms with Crippen molar-refractivity contribution in [2.24, 2.45) is 0 Å². The summed E-state index contributed by atoms with van der Waals surface area (Å²) in [5.74, 6) is 0.457. The first-order valence-electron chi connectivity index (χ1n) is 14.8. The van der Waals surface area contributed by atoms with Gasteiger partial charge in [0.25, 0.3) is 0 Å². The third-order valence-corrected chi connectivity index (χ3v) is 8.76. The van der Waals surface area contributed by atoms with Crippen LogP contribution in [-0.2, 0) is 0 Å². The molecule has 0 saturated heterocycles. The molecule has 2 aliphatic rings. The van der Waals surface area contributed by atoms with Gasteiger partial charge in [-0.1, -0.05) is 127 Å². The monoisotopic (exact) mass is 551 g/mol. The molecular formula is C41H29NO. The third kappa shape index (κ3) is 4.31. The van der Waals surface area contributed by atoms with Crippen molar-refractivity contribution in [3.05, 3.63) is 174 Å². The van der Waals surface area contributed by atoms with Crippen molar-refractivity contribution in [3.63, 3.8) is 0 Å². The highest BCUT2D eigenvalue weighted by atomic mass is 16.1. The predicted octanol–water partition coefficient (Wildman–Crippen LogP) is 10.8. The van der Waals surface area contributed by atoms with Gasteiger partial charge >= 0.3 is 0 Å². The van der Waals surface area contributed by atoms with Gasteiger partial charge < -0.3 is 4.90 Å². The SMILES string of the molecule is O=C1c2ccccc2-c2cccc(N(c3ccc(-c4cccc5ccccc45)cc3)c3ccc(C4C=CC=CC4)cc3)c21. The highest BCUT2D eigenvalue weighted by Gasteiger charge is 2.31. The second-order valence-electron chi connectivity index (χ2n) is 11.2. The summed E-state index contributed by atoms with van der Waals surface area (Å²) >= 11 is 0. The second kappa shape index (κ2) is 10.4. The van der Waals surface area contributed by atoms with Crippen molar-refractivity contribution in [3.8, 4) is 22.3 Å². The lowest BCUT2D eigenvalue weighted by Crippen LogP contribution is -2.14. The maximum Gasteiger partial charge on any atom is 0.196 e. The van der Waals surface area contributed by atoms with Crippen molar-refractivity contribution in [2.75, 3.05) is 4.90 Å². The highest BCUT2D eigenvalue weighted by Crippen LogP contribution is 2.46. The molecule has 0 aromatic heterocycles. The van der Waals surface area contributed by atoms with Crippen LogP contribution >= 0.6 is 0 Å². The number of anilines is 3. The number of ketones is 1. The van der Waals surface area contributed by atoms with Gasteiger partial charge in [-0.2, -0.15) is 0 Å². The number of carbonyl (C=O) groups excluding carboxylic acids is 1. The first kappa shape index (κ1) is 25.3. The average molecular weight is 552 g/mol. The maximum absolute atomic E-state index is 13.9. The van der Waals surface area contributed by atoms with Gasteiger partial charge in [-0.3, -0.25) is 4.79 Å². The molecule has 43 heavy (non-hydrogen) atoms. The molecular weight excluding hydrogens is 522 g/mol. The number of nitrogens with zero attached hydrogens (tertiary/aromatic N) is 1. The van der Waals surface area contributed by atoms with E-state index in [0.29, 0.717) is 5.92 Å². The zero-order chi connectivity index (χ0) is 28.8. The van der Waals surface area contributed by atoms with Crippen molar-refractivity contribution >= 4 is 33.6 Å². The number of benzene rings is 6. The maximum atomic E-state index is 13.9. The highest BCUT2D eigenvalue weighted by molar-refractivity contribution is 6.25. The van der Waals surface area contributed by atoms with Crippen LogP contribution in [0.15, 0.2) is 158 Å². The number of fused-ring (bicyclic) bond motifs is 4. The Balaban J connectivity index is 1.26. The summed E-state index contributed by atoms with van der Waals surface area (Å²) in [5.41, 5.74) is 10.1. The summed E-state index contributed by atoms with van der Waals surface area (Å²) in [7, 11) is 0. The minimum atomic E-state index is 0.0781. The van der Waals surface area contributed by atoms with E-state index in [9.17, 15) is 4.79 Å². The van der Waals surface area contributed by atoms with Crippen LogP contribution in [0.3, 0.4) is 0 Å². The van der Waals surface area contributed by atoms with E-state index in [2.05, 4.69) is 138 Å². The molecule has 2 aliphatic carbocycles. The van der Waals surface area contributed by atoms with E-state index < -0.39 is 0 Å². The van der Waals surface area contributed by atoms with E-state index in [1.165, 1.54) is 21.9 Å². The zero-order valence-electron chi connectivity index (χ0n) is 23.7. The van der Waals surface area contributed by atoms with Crippen LogP contribution < -0.4 is 4.90 Å². The van der Waals surface area contributed by atoms with E-state index in [4.69, 9.17) is 0 Å². The molecule has 0 bridgehead atoms. The van der Waals surface area contributed by atoms with Crippen LogP contribution in [0.1, 0.15) is 33.8 Å². The Morgan fingerprint density at radius 1 is 0.558 bits per heavy atom. The number of allylic oxidation sites excluding steroid dienone is 4. The molecule has 8 rings (SSSR count). The molecule has 0 radical (unpaired) electrons. The third-order valence-electron chi connectivity index (χ3n) is 8.76. The predicted molar refractivity (Wildman–Crippen MR) is 179 cm³/mol. The molecule has 0 saturated carbocycles. The normalized spacial score (nSPS) is 15.0. The molecule has 0 amide bonds. The first-order valence-corrected chi connectivity index (χ1v) is 14.8. The Morgan fingerprint density at radius 2 is 1.21 bits per heavy atom. The molecule has 0 fully saturated rings. The Morgan fingerprint density at radius 3 is 2.00 bits per heavy atom. The molecule has 1 unspecified atom stereocenters. The number of carbonyl (C=O) groups is 1. The van der Waals surface area contributed by atoms with Gasteiger partial charge in [0.1, 0.15) is 0 Å². The van der Waals surface area contributed by atoms with Crippen molar-refractivity contribution < 1.29 is 4.79 Å². The fourth-order valence-electron chi connectivity index (χ4n) is 6.63. The Hall–Kier alpha value is -5.47. The Kier molecular flexibility index (Phi) is 6.12. The van der Waals surface area contributed by atoms with Crippen LogP contribution in [0, 0.1) is 0 Å². The number of hydrogen-bond donors (Lipinski definition) is 0. The Bertz CT molecular complexity index is 2060. The van der Waals surface area contributed by atoms with E-state index in [0.717, 1.165) is 51.3 Å². The molecule has 204 valence electrons. The summed E-state index contributed by atoms with van der Waals surface area (Å²) in [6, 6.07) is 46.7. The average Bonchev–Trinajstić information content (AvgIpc) is 3.38. The van der Waals surface area contributed by atoms with Gasteiger partial charge in [-0.15, -0.1) is 0 Å². The van der Waals surface area contributed by atoms with Crippen LogP contribution in [-0.4, -0.2) is 5.78 Å². The summed E-state index contributed by atoms with van der Waals surface area (Å²) in [6.45, 7) is 0. The van der Waals surface area contributed by atoms with Gasteiger partial charge in [-0.05, 0) is 75.3 Å². The molecule has 1 atom stereocenters. The summed E-state index contributed by atoms with van der Waals surface area (Å²) in [4.78, 5) is 16.1. The van der Waals surface area contributed by atoms with Gasteiger partial charge in [0.2, 0.25) is 0 Å². The van der Waals surface area contributed by atoms with Crippen LogP contribution in [0.2, 0.25) is 0 Å². The molecule has 0 spiro atoms. The first-order chi connectivity index (χ1) is 21.3. The lowest BCUT2D eigenvalue weighted by Gasteiger charge is -2.28.